The average molecular weight is 670 g/mol. The minimum atomic E-state index is -0.850. The molecule has 6 atom stereocenters. The third kappa shape index (κ3) is 8.96. The van der Waals surface area contributed by atoms with Gasteiger partial charge >= 0.3 is 5.97 Å². The largest absolute Gasteiger partial charge is 0.453 e. The number of rotatable bonds is 12. The number of carbonyl (C=O) groups excluding carboxylic acids is 2. The van der Waals surface area contributed by atoms with Gasteiger partial charge in [-0.3, -0.25) is 14.5 Å². The van der Waals surface area contributed by atoms with Crippen molar-refractivity contribution in [2.75, 3.05) is 32.7 Å². The maximum absolute atomic E-state index is 12.4. The molecule has 2 N–H and O–H groups in total. The van der Waals surface area contributed by atoms with Crippen LogP contribution in [-0.4, -0.2) is 77.8 Å². The van der Waals surface area contributed by atoms with Crippen LogP contribution < -0.4 is 5.32 Å². The van der Waals surface area contributed by atoms with E-state index in [1.165, 1.54) is 45.7 Å². The number of benzene rings is 3. The van der Waals surface area contributed by atoms with E-state index in [0.717, 1.165) is 53.0 Å². The molecule has 262 valence electrons. The van der Waals surface area contributed by atoms with E-state index in [1.54, 1.807) is 6.92 Å². The van der Waals surface area contributed by atoms with E-state index < -0.39 is 18.4 Å². The number of nitrogens with one attached hydrogen (secondary N) is 1. The molecule has 6 rings (SSSR count). The fourth-order valence-corrected chi connectivity index (χ4v) is 7.53. The number of hydrogen-bond donors (Lipinski definition) is 2. The number of aliphatic hydroxyl groups excluding tert-OH is 1. The average Bonchev–Trinajstić information content (AvgIpc) is 3.80. The van der Waals surface area contributed by atoms with Gasteiger partial charge in [-0.25, -0.2) is 0 Å². The summed E-state index contributed by atoms with van der Waals surface area (Å²) in [5.41, 5.74) is 5.90. The highest BCUT2D eigenvalue weighted by molar-refractivity contribution is 5.82. The topological polar surface area (TPSA) is 101 Å². The number of hydrogen-bond acceptors (Lipinski definition) is 8. The minimum absolute atomic E-state index is 0.0108. The smallest absolute Gasteiger partial charge is 0.303 e. The highest BCUT2D eigenvalue weighted by atomic mass is 16.7. The number of likely N-dealkylation sites (tertiary alicyclic amines) is 2. The lowest BCUT2D eigenvalue weighted by Crippen LogP contribution is -2.48. The van der Waals surface area contributed by atoms with Gasteiger partial charge in [0.15, 0.2) is 12.4 Å². The van der Waals surface area contributed by atoms with Crippen molar-refractivity contribution in [3.63, 3.8) is 0 Å². The summed E-state index contributed by atoms with van der Waals surface area (Å²) in [7, 11) is 0. The van der Waals surface area contributed by atoms with Crippen LogP contribution >= 0.6 is 0 Å². The van der Waals surface area contributed by atoms with Crippen molar-refractivity contribution in [1.29, 1.82) is 0 Å². The van der Waals surface area contributed by atoms with Crippen LogP contribution in [0.5, 0.6) is 0 Å². The van der Waals surface area contributed by atoms with Gasteiger partial charge in [0, 0.05) is 44.1 Å². The van der Waals surface area contributed by atoms with Crippen LogP contribution in [0, 0.1) is 5.92 Å². The maximum Gasteiger partial charge on any atom is 0.303 e. The van der Waals surface area contributed by atoms with E-state index in [9.17, 15) is 14.7 Å². The quantitative estimate of drug-likeness (QED) is 0.235. The van der Waals surface area contributed by atoms with Crippen LogP contribution in [0.15, 0.2) is 72.8 Å². The molecule has 3 saturated heterocycles. The Morgan fingerprint density at radius 1 is 0.898 bits per heavy atom. The molecular formula is C40H51N3O6. The molecule has 3 aliphatic rings. The summed E-state index contributed by atoms with van der Waals surface area (Å²) in [6, 6.07) is 25.0. The fraction of sp³-hybridized carbons (Fsp3) is 0.500. The first kappa shape index (κ1) is 35.2. The summed E-state index contributed by atoms with van der Waals surface area (Å²) in [5.74, 6) is -0.697. The van der Waals surface area contributed by atoms with Gasteiger partial charge in [0.2, 0.25) is 0 Å². The van der Waals surface area contributed by atoms with Crippen LogP contribution in [0.25, 0.3) is 11.1 Å². The molecule has 3 fully saturated rings. The molecular weight excluding hydrogens is 618 g/mol. The van der Waals surface area contributed by atoms with E-state index in [1.807, 2.05) is 30.3 Å². The fourth-order valence-electron chi connectivity index (χ4n) is 7.53. The summed E-state index contributed by atoms with van der Waals surface area (Å²) in [6.45, 7) is 11.0. The molecule has 3 heterocycles. The molecule has 1 amide bonds. The molecule has 0 aliphatic carbocycles. The Kier molecular flexibility index (Phi) is 11.8. The molecule has 0 aromatic heterocycles. The third-order valence-electron chi connectivity index (χ3n) is 10.3. The number of ether oxygens (including phenoxy) is 3. The zero-order valence-corrected chi connectivity index (χ0v) is 29.1. The first-order valence-corrected chi connectivity index (χ1v) is 17.9. The second kappa shape index (κ2) is 16.4. The molecule has 3 aromatic carbocycles. The Morgan fingerprint density at radius 3 is 2.37 bits per heavy atom. The molecule has 0 saturated carbocycles. The molecule has 3 aromatic rings. The molecule has 9 heteroatoms. The Bertz CT molecular complexity index is 1560. The SMILES string of the molecule is CC(=O)OC(C)C(=O)NCc1cccc(-c2cccc(C3OC(CN4CCCC4CN4CCCC4)C(C)C(c4ccc(CO)cc4)O3)c2)c1. The van der Waals surface area contributed by atoms with Gasteiger partial charge in [0.1, 0.15) is 0 Å². The summed E-state index contributed by atoms with van der Waals surface area (Å²) >= 11 is 0. The predicted octanol–water partition coefficient (Wildman–Crippen LogP) is 5.77. The van der Waals surface area contributed by atoms with Crippen molar-refractivity contribution in [1.82, 2.24) is 15.1 Å². The van der Waals surface area contributed by atoms with Crippen molar-refractivity contribution < 1.29 is 28.9 Å². The normalized spacial score (nSPS) is 25.3. The van der Waals surface area contributed by atoms with Gasteiger partial charge in [0.25, 0.3) is 5.91 Å². The van der Waals surface area contributed by atoms with E-state index in [4.69, 9.17) is 14.2 Å². The number of aliphatic hydroxyl groups is 1. The molecule has 0 radical (unpaired) electrons. The Hall–Kier alpha value is -3.60. The molecule has 0 spiro atoms. The number of nitrogens with zero attached hydrogens (tertiary/aromatic N) is 2. The summed E-state index contributed by atoms with van der Waals surface area (Å²) in [6.07, 6.45) is 3.49. The van der Waals surface area contributed by atoms with Gasteiger partial charge in [-0.1, -0.05) is 67.6 Å². The monoisotopic (exact) mass is 669 g/mol. The molecule has 49 heavy (non-hydrogen) atoms. The van der Waals surface area contributed by atoms with Gasteiger partial charge in [-0.2, -0.15) is 0 Å². The summed E-state index contributed by atoms with van der Waals surface area (Å²) in [4.78, 5) is 28.9. The predicted molar refractivity (Wildman–Crippen MR) is 188 cm³/mol. The molecule has 3 aliphatic heterocycles. The first-order valence-electron chi connectivity index (χ1n) is 17.9. The summed E-state index contributed by atoms with van der Waals surface area (Å²) < 4.78 is 18.7. The zero-order chi connectivity index (χ0) is 34.3. The Morgan fingerprint density at radius 2 is 1.63 bits per heavy atom. The second-order valence-electron chi connectivity index (χ2n) is 13.9. The number of carbonyl (C=O) groups is 2. The molecule has 9 nitrogen and oxygen atoms in total. The van der Waals surface area contributed by atoms with E-state index in [0.29, 0.717) is 12.6 Å². The van der Waals surface area contributed by atoms with Crippen molar-refractivity contribution in [3.8, 4) is 11.1 Å². The van der Waals surface area contributed by atoms with Gasteiger partial charge < -0.3 is 29.5 Å². The van der Waals surface area contributed by atoms with Crippen molar-refractivity contribution in [3.05, 3.63) is 95.1 Å². The van der Waals surface area contributed by atoms with Crippen LogP contribution in [0.2, 0.25) is 0 Å². The van der Waals surface area contributed by atoms with Crippen molar-refractivity contribution in [2.45, 2.75) is 90.2 Å². The standard InChI is InChI=1S/C40H51N3O6/c1-27-37(25-43-20-8-13-36(43)24-42-18-4-5-19-42)48-40(49-38(27)32-16-14-30(26-44)15-17-32)35-12-7-11-34(22-35)33-10-6-9-31(21-33)23-41-39(46)28(2)47-29(3)45/h6-7,9-12,14-17,21-22,27-28,36-38,40,44H,4-5,8,13,18-20,23-26H2,1-3H3,(H,41,46). The lowest BCUT2D eigenvalue weighted by molar-refractivity contribution is -0.276. The van der Waals surface area contributed by atoms with Crippen molar-refractivity contribution >= 4 is 11.9 Å². The maximum atomic E-state index is 12.4. The van der Waals surface area contributed by atoms with Crippen LogP contribution in [0.4, 0.5) is 0 Å². The Balaban J connectivity index is 1.21. The highest BCUT2D eigenvalue weighted by Crippen LogP contribution is 2.43. The van der Waals surface area contributed by atoms with Gasteiger partial charge in [-0.15, -0.1) is 0 Å². The number of esters is 1. The van der Waals surface area contributed by atoms with E-state index in [-0.39, 0.29) is 30.6 Å². The lowest BCUT2D eigenvalue weighted by atomic mass is 9.89. The van der Waals surface area contributed by atoms with Crippen molar-refractivity contribution in [2.24, 2.45) is 5.92 Å². The van der Waals surface area contributed by atoms with E-state index >= 15 is 0 Å². The van der Waals surface area contributed by atoms with E-state index in [2.05, 4.69) is 64.5 Å². The van der Waals surface area contributed by atoms with Gasteiger partial charge in [-0.05, 0) is 92.2 Å². The molecule has 0 bridgehead atoms. The minimum Gasteiger partial charge on any atom is -0.453 e. The molecule has 6 unspecified atom stereocenters. The first-order chi connectivity index (χ1) is 23.8. The zero-order valence-electron chi connectivity index (χ0n) is 29.1. The third-order valence-corrected chi connectivity index (χ3v) is 10.3. The van der Waals surface area contributed by atoms with Crippen LogP contribution in [-0.2, 0) is 37.0 Å². The van der Waals surface area contributed by atoms with Crippen LogP contribution in [0.3, 0.4) is 0 Å². The summed E-state index contributed by atoms with van der Waals surface area (Å²) in [5, 5.41) is 12.5. The highest BCUT2D eigenvalue weighted by Gasteiger charge is 2.41. The van der Waals surface area contributed by atoms with Gasteiger partial charge in [0.05, 0.1) is 18.8 Å². The lowest BCUT2D eigenvalue weighted by Gasteiger charge is -2.43. The van der Waals surface area contributed by atoms with Crippen LogP contribution in [0.1, 0.15) is 81.1 Å². The second-order valence-corrected chi connectivity index (χ2v) is 13.9. The Labute approximate surface area is 290 Å². The number of amides is 1.